The van der Waals surface area contributed by atoms with Crippen LogP contribution in [0, 0.1) is 0 Å². The molecule has 0 amide bonds. The molecule has 0 bridgehead atoms. The maximum Gasteiger partial charge on any atom is 0.216 e. The van der Waals surface area contributed by atoms with Crippen LogP contribution in [0.1, 0.15) is 23.5 Å². The third kappa shape index (κ3) is 3.26. The Balaban J connectivity index is 1.62. The van der Waals surface area contributed by atoms with E-state index in [1.807, 2.05) is 48.5 Å². The van der Waals surface area contributed by atoms with Crippen LogP contribution in [0.15, 0.2) is 60.7 Å². The number of rotatable bonds is 5. The lowest BCUT2D eigenvalue weighted by atomic mass is 10.1. The van der Waals surface area contributed by atoms with Crippen LogP contribution in [0.3, 0.4) is 0 Å². The number of hydrogen-bond donors (Lipinski definition) is 1. The van der Waals surface area contributed by atoms with Crippen molar-refractivity contribution in [1.29, 1.82) is 0 Å². The Morgan fingerprint density at radius 1 is 0.950 bits per heavy atom. The van der Waals surface area contributed by atoms with E-state index in [0.29, 0.717) is 5.92 Å². The summed E-state index contributed by atoms with van der Waals surface area (Å²) in [5.41, 5.74) is 2.02. The van der Waals surface area contributed by atoms with Gasteiger partial charge in [0.05, 0.1) is 5.75 Å². The van der Waals surface area contributed by atoms with Crippen molar-refractivity contribution in [3.63, 3.8) is 0 Å². The zero-order valence-electron chi connectivity index (χ0n) is 11.1. The van der Waals surface area contributed by atoms with Gasteiger partial charge in [0.25, 0.3) is 0 Å². The smallest absolute Gasteiger partial charge is 0.212 e. The highest BCUT2D eigenvalue weighted by Crippen LogP contribution is 2.41. The summed E-state index contributed by atoms with van der Waals surface area (Å²) >= 11 is 0. The lowest BCUT2D eigenvalue weighted by Gasteiger charge is -2.06. The Morgan fingerprint density at radius 2 is 1.55 bits per heavy atom. The van der Waals surface area contributed by atoms with Crippen molar-refractivity contribution in [2.75, 3.05) is 0 Å². The lowest BCUT2D eigenvalue weighted by molar-refractivity contribution is 0.579. The van der Waals surface area contributed by atoms with Gasteiger partial charge in [0, 0.05) is 12.0 Å². The Bertz CT molecular complexity index is 668. The van der Waals surface area contributed by atoms with E-state index < -0.39 is 10.0 Å². The second-order valence-corrected chi connectivity index (χ2v) is 6.98. The molecule has 1 N–H and O–H groups in total. The highest BCUT2D eigenvalue weighted by Gasteiger charge is 2.40. The van der Waals surface area contributed by atoms with Gasteiger partial charge in [0.2, 0.25) is 10.0 Å². The van der Waals surface area contributed by atoms with Crippen molar-refractivity contribution in [1.82, 2.24) is 4.72 Å². The van der Waals surface area contributed by atoms with Gasteiger partial charge in [-0.05, 0) is 17.5 Å². The van der Waals surface area contributed by atoms with Crippen LogP contribution in [-0.4, -0.2) is 14.5 Å². The largest absolute Gasteiger partial charge is 0.216 e. The minimum atomic E-state index is -3.26. The molecule has 2 atom stereocenters. The molecule has 20 heavy (non-hydrogen) atoms. The van der Waals surface area contributed by atoms with Gasteiger partial charge in [-0.2, -0.15) is 0 Å². The fourth-order valence-corrected chi connectivity index (χ4v) is 3.90. The van der Waals surface area contributed by atoms with Gasteiger partial charge in [-0.3, -0.25) is 0 Å². The predicted molar refractivity (Wildman–Crippen MR) is 79.8 cm³/mol. The Hall–Kier alpha value is -1.65. The van der Waals surface area contributed by atoms with Crippen molar-refractivity contribution in [2.24, 2.45) is 0 Å². The van der Waals surface area contributed by atoms with E-state index in [2.05, 4.69) is 16.9 Å². The van der Waals surface area contributed by atoms with Crippen molar-refractivity contribution in [2.45, 2.75) is 24.1 Å². The first-order valence-corrected chi connectivity index (χ1v) is 8.38. The van der Waals surface area contributed by atoms with Gasteiger partial charge in [0.1, 0.15) is 0 Å². The van der Waals surface area contributed by atoms with E-state index in [1.54, 1.807) is 0 Å². The summed E-state index contributed by atoms with van der Waals surface area (Å²) in [5.74, 6) is 0.369. The molecule has 1 aliphatic carbocycles. The zero-order valence-corrected chi connectivity index (χ0v) is 11.9. The van der Waals surface area contributed by atoms with E-state index in [4.69, 9.17) is 0 Å². The first-order valence-electron chi connectivity index (χ1n) is 6.73. The molecule has 1 fully saturated rings. The number of benzene rings is 2. The first kappa shape index (κ1) is 13.3. The average molecular weight is 287 g/mol. The van der Waals surface area contributed by atoms with E-state index in [1.165, 1.54) is 5.56 Å². The maximum atomic E-state index is 12.1. The summed E-state index contributed by atoms with van der Waals surface area (Å²) < 4.78 is 27.0. The van der Waals surface area contributed by atoms with Crippen molar-refractivity contribution in [3.8, 4) is 0 Å². The molecule has 0 heterocycles. The molecule has 0 spiro atoms. The van der Waals surface area contributed by atoms with Crippen LogP contribution < -0.4 is 4.72 Å². The number of sulfonamides is 1. The SMILES string of the molecule is O=S(=O)(Cc1ccccc1)N[C@@H]1C[C@@H]1c1ccccc1. The third-order valence-corrected chi connectivity index (χ3v) is 4.92. The molecule has 104 valence electrons. The van der Waals surface area contributed by atoms with Gasteiger partial charge in [-0.1, -0.05) is 60.7 Å². The molecule has 3 rings (SSSR count). The second kappa shape index (κ2) is 5.38. The summed E-state index contributed by atoms with van der Waals surface area (Å²) in [4.78, 5) is 0. The molecule has 0 aliphatic heterocycles. The number of hydrogen-bond acceptors (Lipinski definition) is 2. The van der Waals surface area contributed by atoms with Gasteiger partial charge < -0.3 is 0 Å². The van der Waals surface area contributed by atoms with Crippen LogP contribution in [-0.2, 0) is 15.8 Å². The molecular formula is C16H17NO2S. The fraction of sp³-hybridized carbons (Fsp3) is 0.250. The summed E-state index contributed by atoms with van der Waals surface area (Å²) in [5, 5.41) is 0. The van der Waals surface area contributed by atoms with Crippen LogP contribution in [0.25, 0.3) is 0 Å². The first-order chi connectivity index (χ1) is 9.64. The molecule has 2 aromatic carbocycles. The zero-order chi connectivity index (χ0) is 14.0. The molecule has 0 unspecified atom stereocenters. The molecule has 0 saturated heterocycles. The van der Waals surface area contributed by atoms with Crippen LogP contribution in [0.4, 0.5) is 0 Å². The summed E-state index contributed by atoms with van der Waals surface area (Å²) in [7, 11) is -3.26. The van der Waals surface area contributed by atoms with E-state index in [9.17, 15) is 8.42 Å². The van der Waals surface area contributed by atoms with Gasteiger partial charge in [-0.25, -0.2) is 13.1 Å². The van der Waals surface area contributed by atoms with Crippen LogP contribution in [0.5, 0.6) is 0 Å². The molecular weight excluding hydrogens is 270 g/mol. The minimum absolute atomic E-state index is 0.0473. The Kier molecular flexibility index (Phi) is 3.59. The molecule has 1 saturated carbocycles. The Morgan fingerprint density at radius 3 is 2.20 bits per heavy atom. The quantitative estimate of drug-likeness (QED) is 0.919. The van der Waals surface area contributed by atoms with Crippen LogP contribution in [0.2, 0.25) is 0 Å². The molecule has 1 aliphatic rings. The number of nitrogens with one attached hydrogen (secondary N) is 1. The highest BCUT2D eigenvalue weighted by molar-refractivity contribution is 7.88. The van der Waals surface area contributed by atoms with Gasteiger partial charge >= 0.3 is 0 Å². The fourth-order valence-electron chi connectivity index (χ4n) is 2.46. The minimum Gasteiger partial charge on any atom is -0.212 e. The molecule has 3 nitrogen and oxygen atoms in total. The predicted octanol–water partition coefficient (Wildman–Crippen LogP) is 2.66. The molecule has 4 heteroatoms. The van der Waals surface area contributed by atoms with E-state index in [0.717, 1.165) is 12.0 Å². The molecule has 0 radical (unpaired) electrons. The van der Waals surface area contributed by atoms with Crippen LogP contribution >= 0.6 is 0 Å². The van der Waals surface area contributed by atoms with Crippen molar-refractivity contribution in [3.05, 3.63) is 71.8 Å². The van der Waals surface area contributed by atoms with Crippen molar-refractivity contribution >= 4 is 10.0 Å². The molecule has 2 aromatic rings. The molecule has 0 aromatic heterocycles. The topological polar surface area (TPSA) is 46.2 Å². The highest BCUT2D eigenvalue weighted by atomic mass is 32.2. The summed E-state index contributed by atoms with van der Waals surface area (Å²) in [6, 6.07) is 19.4. The van der Waals surface area contributed by atoms with E-state index >= 15 is 0 Å². The van der Waals surface area contributed by atoms with Crippen molar-refractivity contribution < 1.29 is 8.42 Å². The second-order valence-electron chi connectivity index (χ2n) is 5.22. The maximum absolute atomic E-state index is 12.1. The summed E-state index contributed by atoms with van der Waals surface area (Å²) in [6.45, 7) is 0. The third-order valence-electron chi connectivity index (χ3n) is 3.55. The standard InChI is InChI=1S/C16H17NO2S/c18-20(19,12-13-7-3-1-4-8-13)17-16-11-15(16)14-9-5-2-6-10-14/h1-10,15-17H,11-12H2/t15-,16-/m1/s1. The lowest BCUT2D eigenvalue weighted by Crippen LogP contribution is -2.28. The van der Waals surface area contributed by atoms with Gasteiger partial charge in [0.15, 0.2) is 0 Å². The van der Waals surface area contributed by atoms with E-state index in [-0.39, 0.29) is 11.8 Å². The normalized spacial score (nSPS) is 21.6. The average Bonchev–Trinajstić information content (AvgIpc) is 3.18. The summed E-state index contributed by atoms with van der Waals surface area (Å²) in [6.07, 6.45) is 0.887. The monoisotopic (exact) mass is 287 g/mol. The Labute approximate surface area is 119 Å². The van der Waals surface area contributed by atoms with Gasteiger partial charge in [-0.15, -0.1) is 0 Å².